The molecule has 2 aromatic carbocycles. The maximum Gasteiger partial charge on any atom is 0.322 e. The van der Waals surface area contributed by atoms with Crippen molar-refractivity contribution in [1.82, 2.24) is 10.2 Å². The van der Waals surface area contributed by atoms with Crippen LogP contribution in [0, 0.1) is 0 Å². The second kappa shape index (κ2) is 9.80. The maximum atomic E-state index is 13.2. The molecule has 0 aromatic heterocycles. The van der Waals surface area contributed by atoms with Gasteiger partial charge in [-0.1, -0.05) is 30.3 Å². The molecule has 0 unspecified atom stereocenters. The Morgan fingerprint density at radius 1 is 1.13 bits per heavy atom. The fourth-order valence-electron chi connectivity index (χ4n) is 3.86. The molecule has 31 heavy (non-hydrogen) atoms. The number of methoxy groups -OCH3 is 2. The Kier molecular flexibility index (Phi) is 7.14. The van der Waals surface area contributed by atoms with Crippen LogP contribution in [0.4, 0.5) is 10.5 Å². The van der Waals surface area contributed by atoms with Crippen molar-refractivity contribution < 1.29 is 24.2 Å². The summed E-state index contributed by atoms with van der Waals surface area (Å²) in [6, 6.07) is 14.8. The van der Waals surface area contributed by atoms with E-state index >= 15 is 0 Å². The van der Waals surface area contributed by atoms with Crippen LogP contribution in [0.15, 0.2) is 54.6 Å². The molecule has 0 radical (unpaired) electrons. The van der Waals surface area contributed by atoms with Gasteiger partial charge in [-0.15, -0.1) is 0 Å². The van der Waals surface area contributed by atoms with Crippen LogP contribution >= 0.6 is 0 Å². The van der Waals surface area contributed by atoms with Crippen molar-refractivity contribution in [3.05, 3.63) is 60.2 Å². The Morgan fingerprint density at radius 3 is 2.42 bits per heavy atom. The maximum absolute atomic E-state index is 13.2. The predicted octanol–water partition coefficient (Wildman–Crippen LogP) is 2.56. The fraction of sp³-hybridized carbons (Fsp3) is 0.391. The summed E-state index contributed by atoms with van der Waals surface area (Å²) in [6.07, 6.45) is 0.310. The van der Waals surface area contributed by atoms with Gasteiger partial charge < -0.3 is 30.1 Å². The van der Waals surface area contributed by atoms with E-state index in [2.05, 4.69) is 10.6 Å². The first-order valence-electron chi connectivity index (χ1n) is 10.1. The van der Waals surface area contributed by atoms with E-state index in [4.69, 9.17) is 9.47 Å². The molecule has 166 valence electrons. The molecule has 1 saturated heterocycles. The second-order valence-electron chi connectivity index (χ2n) is 7.79. The third-order valence-corrected chi connectivity index (χ3v) is 5.52. The van der Waals surface area contributed by atoms with Crippen LogP contribution in [0.3, 0.4) is 0 Å². The minimum Gasteiger partial charge on any atom is -0.497 e. The van der Waals surface area contributed by atoms with Crippen molar-refractivity contribution in [1.29, 1.82) is 0 Å². The fourth-order valence-corrected chi connectivity index (χ4v) is 3.86. The highest BCUT2D eigenvalue weighted by Gasteiger charge is 2.47. The Hall–Kier alpha value is -3.10. The van der Waals surface area contributed by atoms with Crippen molar-refractivity contribution in [2.24, 2.45) is 0 Å². The minimum absolute atomic E-state index is 0.133. The van der Waals surface area contributed by atoms with Crippen molar-refractivity contribution in [3.63, 3.8) is 0 Å². The molecular weight excluding hydrogens is 398 g/mol. The Balaban J connectivity index is 1.91. The molecule has 8 nitrogen and oxygen atoms in total. The SMILES string of the molecule is COCC(=O)N[C@H]1[C@H](c2ccccc2)N(C(=O)Nc2ccc(OC)cc2)CC[C@@]1(C)O. The normalized spacial score (nSPS) is 23.2. The van der Waals surface area contributed by atoms with E-state index in [1.54, 1.807) is 43.2 Å². The van der Waals surface area contributed by atoms with E-state index in [-0.39, 0.29) is 18.5 Å². The lowest BCUT2D eigenvalue weighted by atomic mass is 9.79. The number of ether oxygens (including phenoxy) is 2. The monoisotopic (exact) mass is 427 g/mol. The smallest absolute Gasteiger partial charge is 0.322 e. The van der Waals surface area contributed by atoms with Crippen LogP contribution < -0.4 is 15.4 Å². The third kappa shape index (κ3) is 5.34. The lowest BCUT2D eigenvalue weighted by Crippen LogP contribution is -2.64. The molecule has 0 aliphatic carbocycles. The highest BCUT2D eigenvalue weighted by Crippen LogP contribution is 2.37. The van der Waals surface area contributed by atoms with Crippen LogP contribution in [0.25, 0.3) is 0 Å². The van der Waals surface area contributed by atoms with Gasteiger partial charge in [0, 0.05) is 19.3 Å². The molecule has 3 rings (SSSR count). The first-order valence-corrected chi connectivity index (χ1v) is 10.1. The Morgan fingerprint density at radius 2 is 1.81 bits per heavy atom. The number of carbonyl (C=O) groups excluding carboxylic acids is 2. The molecule has 1 fully saturated rings. The number of nitrogens with zero attached hydrogens (tertiary/aromatic N) is 1. The average Bonchev–Trinajstić information content (AvgIpc) is 2.76. The van der Waals surface area contributed by atoms with Gasteiger partial charge in [-0.3, -0.25) is 4.79 Å². The first kappa shape index (κ1) is 22.6. The van der Waals surface area contributed by atoms with Crippen LogP contribution in [-0.4, -0.2) is 61.0 Å². The molecular formula is C23H29N3O5. The molecule has 2 aromatic rings. The summed E-state index contributed by atoms with van der Waals surface area (Å²) in [4.78, 5) is 27.2. The number of benzene rings is 2. The number of rotatable bonds is 6. The van der Waals surface area contributed by atoms with Gasteiger partial charge in [0.2, 0.25) is 5.91 Å². The predicted molar refractivity (Wildman–Crippen MR) is 117 cm³/mol. The lowest BCUT2D eigenvalue weighted by Gasteiger charge is -2.49. The van der Waals surface area contributed by atoms with Crippen molar-refractivity contribution in [3.8, 4) is 5.75 Å². The Bertz CT molecular complexity index is 886. The summed E-state index contributed by atoms with van der Waals surface area (Å²) in [5, 5.41) is 16.9. The number of anilines is 1. The number of aliphatic hydroxyl groups is 1. The number of carbonyl (C=O) groups is 2. The highest BCUT2D eigenvalue weighted by atomic mass is 16.5. The van der Waals surface area contributed by atoms with E-state index in [1.807, 2.05) is 30.3 Å². The number of likely N-dealkylation sites (tertiary alicyclic amines) is 1. The van der Waals surface area contributed by atoms with E-state index < -0.39 is 17.7 Å². The van der Waals surface area contributed by atoms with Crippen LogP contribution in [-0.2, 0) is 9.53 Å². The standard InChI is InChI=1S/C23H29N3O5/c1-23(29)13-14-26(22(28)24-17-9-11-18(31-3)12-10-17)20(16-7-5-4-6-8-16)21(23)25-19(27)15-30-2/h4-12,20-21,29H,13-15H2,1-3H3,(H,24,28)(H,25,27)/t20-,21-,23+/m0/s1. The van der Waals surface area contributed by atoms with E-state index in [9.17, 15) is 14.7 Å². The second-order valence-corrected chi connectivity index (χ2v) is 7.79. The number of amides is 3. The zero-order valence-corrected chi connectivity index (χ0v) is 18.0. The summed E-state index contributed by atoms with van der Waals surface area (Å²) >= 11 is 0. The molecule has 0 spiro atoms. The largest absolute Gasteiger partial charge is 0.497 e. The zero-order chi connectivity index (χ0) is 22.4. The van der Waals surface area contributed by atoms with Gasteiger partial charge in [0.1, 0.15) is 12.4 Å². The zero-order valence-electron chi connectivity index (χ0n) is 18.0. The number of hydrogen-bond donors (Lipinski definition) is 3. The molecule has 8 heteroatoms. The van der Waals surface area contributed by atoms with Crippen LogP contribution in [0.1, 0.15) is 24.9 Å². The lowest BCUT2D eigenvalue weighted by molar-refractivity contribution is -0.130. The quantitative estimate of drug-likeness (QED) is 0.658. The number of piperidine rings is 1. The van der Waals surface area contributed by atoms with E-state index in [0.717, 1.165) is 5.56 Å². The van der Waals surface area contributed by atoms with E-state index in [0.29, 0.717) is 24.4 Å². The van der Waals surface area contributed by atoms with Gasteiger partial charge in [0.25, 0.3) is 0 Å². The highest BCUT2D eigenvalue weighted by molar-refractivity contribution is 5.90. The van der Waals surface area contributed by atoms with Crippen LogP contribution in [0.2, 0.25) is 0 Å². The summed E-state index contributed by atoms with van der Waals surface area (Å²) in [7, 11) is 3.01. The summed E-state index contributed by atoms with van der Waals surface area (Å²) < 4.78 is 10.1. The molecule has 1 heterocycles. The van der Waals surface area contributed by atoms with Gasteiger partial charge in [0.15, 0.2) is 0 Å². The van der Waals surface area contributed by atoms with Gasteiger partial charge in [-0.2, -0.15) is 0 Å². The van der Waals surface area contributed by atoms with Crippen molar-refractivity contribution in [2.75, 3.05) is 32.7 Å². The number of urea groups is 1. The molecule has 1 aliphatic rings. The van der Waals surface area contributed by atoms with Gasteiger partial charge in [0.05, 0.1) is 24.8 Å². The first-order chi connectivity index (χ1) is 14.9. The van der Waals surface area contributed by atoms with Gasteiger partial charge in [-0.25, -0.2) is 4.79 Å². The molecule has 3 atom stereocenters. The number of nitrogens with one attached hydrogen (secondary N) is 2. The molecule has 1 aliphatic heterocycles. The summed E-state index contributed by atoms with van der Waals surface area (Å²) in [6.45, 7) is 1.87. The molecule has 0 bridgehead atoms. The topological polar surface area (TPSA) is 100 Å². The van der Waals surface area contributed by atoms with Gasteiger partial charge >= 0.3 is 6.03 Å². The van der Waals surface area contributed by atoms with Crippen LogP contribution in [0.5, 0.6) is 5.75 Å². The minimum atomic E-state index is -1.21. The molecule has 3 N–H and O–H groups in total. The van der Waals surface area contributed by atoms with Gasteiger partial charge in [-0.05, 0) is 43.2 Å². The summed E-state index contributed by atoms with van der Waals surface area (Å²) in [5.74, 6) is 0.334. The third-order valence-electron chi connectivity index (χ3n) is 5.52. The summed E-state index contributed by atoms with van der Waals surface area (Å²) in [5.41, 5.74) is 0.228. The molecule has 0 saturated carbocycles. The average molecular weight is 428 g/mol. The molecule has 3 amide bonds. The van der Waals surface area contributed by atoms with Crippen molar-refractivity contribution in [2.45, 2.75) is 31.0 Å². The Labute approximate surface area is 182 Å². The van der Waals surface area contributed by atoms with Crippen molar-refractivity contribution >= 4 is 17.6 Å². The van der Waals surface area contributed by atoms with E-state index in [1.165, 1.54) is 7.11 Å². The number of hydrogen-bond acceptors (Lipinski definition) is 5.